The highest BCUT2D eigenvalue weighted by molar-refractivity contribution is 5.76. The average molecular weight is 296 g/mol. The van der Waals surface area contributed by atoms with Crippen molar-refractivity contribution in [1.29, 1.82) is 0 Å². The molecule has 0 saturated carbocycles. The second-order valence-electron chi connectivity index (χ2n) is 7.13. The van der Waals surface area contributed by atoms with Crippen molar-refractivity contribution in [3.05, 3.63) is 0 Å². The van der Waals surface area contributed by atoms with Gasteiger partial charge in [0.15, 0.2) is 0 Å². The number of nitrogens with one attached hydrogen (secondary N) is 1. The van der Waals surface area contributed by atoms with Crippen molar-refractivity contribution >= 4 is 5.91 Å². The molecule has 0 aromatic rings. The van der Waals surface area contributed by atoms with Crippen LogP contribution in [-0.2, 0) is 9.53 Å². The van der Waals surface area contributed by atoms with E-state index in [-0.39, 0.29) is 12.0 Å². The van der Waals surface area contributed by atoms with Crippen LogP contribution in [0.15, 0.2) is 0 Å². The number of carbonyl (C=O) groups is 1. The Morgan fingerprint density at radius 1 is 1.24 bits per heavy atom. The van der Waals surface area contributed by atoms with Crippen molar-refractivity contribution in [3.8, 4) is 0 Å². The Hall–Kier alpha value is -0.610. The molecular formula is C17H32N2O2. The van der Waals surface area contributed by atoms with Gasteiger partial charge in [-0.15, -0.1) is 0 Å². The molecule has 1 atom stereocenters. The number of ether oxygens (including phenoxy) is 1. The maximum atomic E-state index is 12.0. The fourth-order valence-electron chi connectivity index (χ4n) is 3.40. The Morgan fingerprint density at radius 3 is 2.62 bits per heavy atom. The molecule has 2 saturated heterocycles. The number of piperidine rings is 1. The van der Waals surface area contributed by atoms with Gasteiger partial charge in [0.25, 0.3) is 0 Å². The molecule has 4 heteroatoms. The number of hydrogen-bond donors (Lipinski definition) is 1. The van der Waals surface area contributed by atoms with E-state index in [0.29, 0.717) is 12.3 Å². The van der Waals surface area contributed by atoms with Crippen LogP contribution in [-0.4, -0.2) is 49.7 Å². The summed E-state index contributed by atoms with van der Waals surface area (Å²) in [5.74, 6) is 1.58. The van der Waals surface area contributed by atoms with Gasteiger partial charge in [-0.2, -0.15) is 0 Å². The normalized spacial score (nSPS) is 25.2. The maximum Gasteiger partial charge on any atom is 0.222 e. The summed E-state index contributed by atoms with van der Waals surface area (Å²) in [7, 11) is 0. The summed E-state index contributed by atoms with van der Waals surface area (Å²) in [5.41, 5.74) is 0. The van der Waals surface area contributed by atoms with Gasteiger partial charge in [-0.05, 0) is 57.0 Å². The third kappa shape index (κ3) is 6.35. The lowest BCUT2D eigenvalue weighted by atomic mass is 9.96. The minimum atomic E-state index is 0.159. The van der Waals surface area contributed by atoms with Crippen LogP contribution in [0.3, 0.4) is 0 Å². The molecule has 0 aromatic heterocycles. The van der Waals surface area contributed by atoms with Crippen molar-refractivity contribution in [2.24, 2.45) is 11.8 Å². The van der Waals surface area contributed by atoms with Crippen LogP contribution in [0, 0.1) is 11.8 Å². The summed E-state index contributed by atoms with van der Waals surface area (Å²) in [6.07, 6.45) is 6.53. The Bertz CT molecular complexity index is 306. The Kier molecular flexibility index (Phi) is 6.97. The Labute approximate surface area is 129 Å². The zero-order valence-electron chi connectivity index (χ0n) is 13.8. The molecule has 1 N–H and O–H groups in total. The Morgan fingerprint density at radius 2 is 2.00 bits per heavy atom. The fraction of sp³-hybridized carbons (Fsp3) is 0.941. The molecule has 0 radical (unpaired) electrons. The molecule has 0 aliphatic carbocycles. The van der Waals surface area contributed by atoms with Crippen LogP contribution in [0.25, 0.3) is 0 Å². The van der Waals surface area contributed by atoms with Gasteiger partial charge in [0.05, 0.1) is 12.5 Å². The number of carbonyl (C=O) groups excluding carboxylic acids is 1. The summed E-state index contributed by atoms with van der Waals surface area (Å²) in [6.45, 7) is 9.81. The molecule has 122 valence electrons. The molecule has 2 aliphatic heterocycles. The topological polar surface area (TPSA) is 41.6 Å². The minimum Gasteiger partial charge on any atom is -0.378 e. The summed E-state index contributed by atoms with van der Waals surface area (Å²) >= 11 is 0. The predicted octanol–water partition coefficient (Wildman–Crippen LogP) is 2.43. The first kappa shape index (κ1) is 16.8. The van der Waals surface area contributed by atoms with Gasteiger partial charge in [0.1, 0.15) is 0 Å². The monoisotopic (exact) mass is 296 g/mol. The lowest BCUT2D eigenvalue weighted by Gasteiger charge is -2.33. The quantitative estimate of drug-likeness (QED) is 0.818. The third-order valence-corrected chi connectivity index (χ3v) is 4.61. The summed E-state index contributed by atoms with van der Waals surface area (Å²) in [4.78, 5) is 14.5. The lowest BCUT2D eigenvalue weighted by Crippen LogP contribution is -2.40. The van der Waals surface area contributed by atoms with Gasteiger partial charge in [-0.25, -0.2) is 0 Å². The fourth-order valence-corrected chi connectivity index (χ4v) is 3.40. The lowest BCUT2D eigenvalue weighted by molar-refractivity contribution is -0.125. The zero-order chi connectivity index (χ0) is 15.1. The zero-order valence-corrected chi connectivity index (χ0v) is 13.8. The van der Waals surface area contributed by atoms with E-state index in [0.717, 1.165) is 31.9 Å². The highest BCUT2D eigenvalue weighted by atomic mass is 16.5. The first-order valence-corrected chi connectivity index (χ1v) is 8.74. The third-order valence-electron chi connectivity index (χ3n) is 4.61. The molecule has 2 fully saturated rings. The first-order valence-electron chi connectivity index (χ1n) is 8.74. The second-order valence-corrected chi connectivity index (χ2v) is 7.13. The second kappa shape index (κ2) is 8.74. The van der Waals surface area contributed by atoms with Crippen LogP contribution in [0.4, 0.5) is 0 Å². The highest BCUT2D eigenvalue weighted by Gasteiger charge is 2.21. The predicted molar refractivity (Wildman–Crippen MR) is 85.2 cm³/mol. The smallest absolute Gasteiger partial charge is 0.222 e. The molecule has 1 amide bonds. The van der Waals surface area contributed by atoms with Crippen molar-refractivity contribution in [2.75, 3.05) is 32.8 Å². The number of hydrogen-bond acceptors (Lipinski definition) is 3. The standard InChI is InChI=1S/C17H32N2O2/c1-14(2)13-19-8-6-15(7-9-19)12-18-17(20)11-16-5-3-4-10-21-16/h14-16H,3-13H2,1-2H3,(H,18,20). The van der Waals surface area contributed by atoms with E-state index in [1.54, 1.807) is 0 Å². The first-order chi connectivity index (χ1) is 10.1. The van der Waals surface area contributed by atoms with Crippen molar-refractivity contribution in [3.63, 3.8) is 0 Å². The van der Waals surface area contributed by atoms with Gasteiger partial charge >= 0.3 is 0 Å². The van der Waals surface area contributed by atoms with E-state index in [1.165, 1.54) is 38.9 Å². The summed E-state index contributed by atoms with van der Waals surface area (Å²) in [5, 5.41) is 3.12. The van der Waals surface area contributed by atoms with E-state index >= 15 is 0 Å². The van der Waals surface area contributed by atoms with E-state index in [1.807, 2.05) is 0 Å². The molecule has 21 heavy (non-hydrogen) atoms. The van der Waals surface area contributed by atoms with Crippen LogP contribution >= 0.6 is 0 Å². The van der Waals surface area contributed by atoms with Crippen molar-refractivity contribution < 1.29 is 9.53 Å². The number of nitrogens with zero attached hydrogens (tertiary/aromatic N) is 1. The largest absolute Gasteiger partial charge is 0.378 e. The molecule has 1 unspecified atom stereocenters. The van der Waals surface area contributed by atoms with Crippen LogP contribution in [0.1, 0.15) is 52.4 Å². The maximum absolute atomic E-state index is 12.0. The van der Waals surface area contributed by atoms with Crippen molar-refractivity contribution in [1.82, 2.24) is 10.2 Å². The van der Waals surface area contributed by atoms with Crippen LogP contribution < -0.4 is 5.32 Å². The number of likely N-dealkylation sites (tertiary alicyclic amines) is 1. The van der Waals surface area contributed by atoms with Gasteiger partial charge in [0.2, 0.25) is 5.91 Å². The molecule has 2 aliphatic rings. The van der Waals surface area contributed by atoms with E-state index < -0.39 is 0 Å². The minimum absolute atomic E-state index is 0.159. The SMILES string of the molecule is CC(C)CN1CCC(CNC(=O)CC2CCCCO2)CC1. The number of amides is 1. The van der Waals surface area contributed by atoms with Crippen LogP contribution in [0.2, 0.25) is 0 Å². The van der Waals surface area contributed by atoms with E-state index in [9.17, 15) is 4.79 Å². The number of rotatable bonds is 6. The summed E-state index contributed by atoms with van der Waals surface area (Å²) < 4.78 is 5.62. The molecule has 2 heterocycles. The van der Waals surface area contributed by atoms with Gasteiger partial charge in [-0.1, -0.05) is 13.8 Å². The van der Waals surface area contributed by atoms with Gasteiger partial charge in [-0.3, -0.25) is 4.79 Å². The molecule has 0 bridgehead atoms. The average Bonchev–Trinajstić information content (AvgIpc) is 2.47. The molecule has 0 aromatic carbocycles. The highest BCUT2D eigenvalue weighted by Crippen LogP contribution is 2.18. The summed E-state index contributed by atoms with van der Waals surface area (Å²) in [6, 6.07) is 0. The molecule has 4 nitrogen and oxygen atoms in total. The molecular weight excluding hydrogens is 264 g/mol. The molecule has 2 rings (SSSR count). The van der Waals surface area contributed by atoms with E-state index in [4.69, 9.17) is 4.74 Å². The van der Waals surface area contributed by atoms with Gasteiger partial charge in [0, 0.05) is 19.7 Å². The van der Waals surface area contributed by atoms with E-state index in [2.05, 4.69) is 24.1 Å². The van der Waals surface area contributed by atoms with Crippen molar-refractivity contribution in [2.45, 2.75) is 58.5 Å². The Balaban J connectivity index is 1.57. The molecule has 0 spiro atoms. The van der Waals surface area contributed by atoms with Crippen LogP contribution in [0.5, 0.6) is 0 Å². The van der Waals surface area contributed by atoms with Gasteiger partial charge < -0.3 is 15.0 Å².